The SMILES string of the molecule is CC(C)Oc1ccccc1NC(=O)c1ccc2ccccc2n1. The van der Waals surface area contributed by atoms with Gasteiger partial charge in [-0.1, -0.05) is 36.4 Å². The van der Waals surface area contributed by atoms with Crippen LogP contribution in [0.25, 0.3) is 10.9 Å². The molecule has 2 aromatic carbocycles. The number of pyridine rings is 1. The topological polar surface area (TPSA) is 51.2 Å². The molecule has 1 amide bonds. The molecule has 0 unspecified atom stereocenters. The van der Waals surface area contributed by atoms with E-state index in [1.807, 2.05) is 68.4 Å². The zero-order valence-corrected chi connectivity index (χ0v) is 13.1. The normalized spacial score (nSPS) is 10.7. The fourth-order valence-electron chi connectivity index (χ4n) is 2.31. The standard InChI is InChI=1S/C19H18N2O2/c1-13(2)23-18-10-6-5-9-16(18)21-19(22)17-12-11-14-7-3-4-8-15(14)20-17/h3-13H,1-2H3,(H,21,22). The number of nitrogens with zero attached hydrogens (tertiary/aromatic N) is 1. The lowest BCUT2D eigenvalue weighted by Crippen LogP contribution is -2.15. The van der Waals surface area contributed by atoms with E-state index in [-0.39, 0.29) is 12.0 Å². The number of ether oxygens (including phenoxy) is 1. The monoisotopic (exact) mass is 306 g/mol. The molecule has 0 aliphatic carbocycles. The summed E-state index contributed by atoms with van der Waals surface area (Å²) in [6.07, 6.45) is 0.0341. The van der Waals surface area contributed by atoms with E-state index in [2.05, 4.69) is 10.3 Å². The Hall–Kier alpha value is -2.88. The molecule has 4 heteroatoms. The van der Waals surface area contributed by atoms with Gasteiger partial charge in [0.05, 0.1) is 17.3 Å². The maximum Gasteiger partial charge on any atom is 0.274 e. The summed E-state index contributed by atoms with van der Waals surface area (Å²) in [6.45, 7) is 3.90. The van der Waals surface area contributed by atoms with Crippen molar-refractivity contribution in [1.82, 2.24) is 4.98 Å². The highest BCUT2D eigenvalue weighted by Gasteiger charge is 2.12. The van der Waals surface area contributed by atoms with Gasteiger partial charge in [-0.15, -0.1) is 0 Å². The average Bonchev–Trinajstić information content (AvgIpc) is 2.55. The van der Waals surface area contributed by atoms with Crippen LogP contribution in [0.15, 0.2) is 60.7 Å². The molecular weight excluding hydrogens is 288 g/mol. The van der Waals surface area contributed by atoms with Crippen LogP contribution >= 0.6 is 0 Å². The highest BCUT2D eigenvalue weighted by atomic mass is 16.5. The maximum atomic E-state index is 12.5. The Morgan fingerprint density at radius 3 is 2.57 bits per heavy atom. The van der Waals surface area contributed by atoms with E-state index in [1.165, 1.54) is 0 Å². The first-order chi connectivity index (χ1) is 11.1. The van der Waals surface area contributed by atoms with Gasteiger partial charge >= 0.3 is 0 Å². The zero-order chi connectivity index (χ0) is 16.2. The van der Waals surface area contributed by atoms with E-state index in [1.54, 1.807) is 6.07 Å². The van der Waals surface area contributed by atoms with Crippen LogP contribution in [0.1, 0.15) is 24.3 Å². The molecule has 3 aromatic rings. The van der Waals surface area contributed by atoms with E-state index < -0.39 is 0 Å². The fourth-order valence-corrected chi connectivity index (χ4v) is 2.31. The molecule has 3 rings (SSSR count). The summed E-state index contributed by atoms with van der Waals surface area (Å²) >= 11 is 0. The predicted molar refractivity (Wildman–Crippen MR) is 91.9 cm³/mol. The smallest absolute Gasteiger partial charge is 0.274 e. The lowest BCUT2D eigenvalue weighted by molar-refractivity contribution is 0.102. The summed E-state index contributed by atoms with van der Waals surface area (Å²) in [6, 6.07) is 18.7. The van der Waals surface area contributed by atoms with Gasteiger partial charge in [0.25, 0.3) is 5.91 Å². The van der Waals surface area contributed by atoms with Crippen molar-refractivity contribution in [3.8, 4) is 5.75 Å². The van der Waals surface area contributed by atoms with Gasteiger partial charge in [-0.05, 0) is 38.1 Å². The first-order valence-corrected chi connectivity index (χ1v) is 7.56. The van der Waals surface area contributed by atoms with Crippen molar-refractivity contribution in [2.45, 2.75) is 20.0 Å². The van der Waals surface area contributed by atoms with Crippen LogP contribution < -0.4 is 10.1 Å². The number of fused-ring (bicyclic) bond motifs is 1. The molecule has 1 heterocycles. The molecule has 0 saturated carbocycles. The number of benzene rings is 2. The number of hydrogen-bond donors (Lipinski definition) is 1. The molecule has 0 spiro atoms. The Balaban J connectivity index is 1.86. The third-order valence-corrected chi connectivity index (χ3v) is 3.33. The Labute approximate surface area is 135 Å². The van der Waals surface area contributed by atoms with Gasteiger partial charge < -0.3 is 10.1 Å². The van der Waals surface area contributed by atoms with Gasteiger partial charge in [0.15, 0.2) is 0 Å². The summed E-state index contributed by atoms with van der Waals surface area (Å²) in [7, 11) is 0. The third kappa shape index (κ3) is 3.48. The summed E-state index contributed by atoms with van der Waals surface area (Å²) in [5.74, 6) is 0.396. The third-order valence-electron chi connectivity index (χ3n) is 3.33. The highest BCUT2D eigenvalue weighted by Crippen LogP contribution is 2.25. The van der Waals surface area contributed by atoms with E-state index >= 15 is 0 Å². The van der Waals surface area contributed by atoms with Crippen molar-refractivity contribution in [1.29, 1.82) is 0 Å². The van der Waals surface area contributed by atoms with Gasteiger partial charge in [-0.3, -0.25) is 4.79 Å². The zero-order valence-electron chi connectivity index (χ0n) is 13.1. The number of rotatable bonds is 4. The van der Waals surface area contributed by atoms with Gasteiger partial charge in [0.2, 0.25) is 0 Å². The van der Waals surface area contributed by atoms with Crippen LogP contribution in [0, 0.1) is 0 Å². The maximum absolute atomic E-state index is 12.5. The minimum atomic E-state index is -0.254. The van der Waals surface area contributed by atoms with Crippen LogP contribution in [-0.4, -0.2) is 17.0 Å². The van der Waals surface area contributed by atoms with E-state index in [0.717, 1.165) is 10.9 Å². The average molecular weight is 306 g/mol. The molecule has 0 aliphatic rings. The second kappa shape index (κ2) is 6.48. The Bertz CT molecular complexity index is 843. The molecule has 0 bridgehead atoms. The van der Waals surface area contributed by atoms with Crippen molar-refractivity contribution in [3.63, 3.8) is 0 Å². The number of para-hydroxylation sites is 3. The first kappa shape index (κ1) is 15.0. The molecular formula is C19H18N2O2. The van der Waals surface area contributed by atoms with E-state index in [0.29, 0.717) is 17.1 Å². The Morgan fingerprint density at radius 1 is 1.00 bits per heavy atom. The second-order valence-corrected chi connectivity index (χ2v) is 5.51. The molecule has 0 atom stereocenters. The van der Waals surface area contributed by atoms with Crippen LogP contribution in [0.2, 0.25) is 0 Å². The molecule has 1 N–H and O–H groups in total. The predicted octanol–water partition coefficient (Wildman–Crippen LogP) is 4.27. The molecule has 0 fully saturated rings. The Kier molecular flexibility index (Phi) is 4.24. The number of anilines is 1. The van der Waals surface area contributed by atoms with Gasteiger partial charge in [0.1, 0.15) is 11.4 Å². The number of aromatic nitrogens is 1. The largest absolute Gasteiger partial charge is 0.489 e. The lowest BCUT2D eigenvalue weighted by Gasteiger charge is -2.14. The second-order valence-electron chi connectivity index (χ2n) is 5.51. The quantitative estimate of drug-likeness (QED) is 0.783. The number of carbonyl (C=O) groups is 1. The van der Waals surface area contributed by atoms with Gasteiger partial charge in [-0.2, -0.15) is 0 Å². The van der Waals surface area contributed by atoms with Crippen molar-refractivity contribution in [3.05, 3.63) is 66.4 Å². The van der Waals surface area contributed by atoms with Crippen LogP contribution in [0.4, 0.5) is 5.69 Å². The van der Waals surface area contributed by atoms with Gasteiger partial charge in [-0.25, -0.2) is 4.98 Å². The summed E-state index contributed by atoms with van der Waals surface area (Å²) in [5.41, 5.74) is 1.82. The van der Waals surface area contributed by atoms with Crippen molar-refractivity contribution < 1.29 is 9.53 Å². The molecule has 4 nitrogen and oxygen atoms in total. The molecule has 1 aromatic heterocycles. The number of nitrogens with one attached hydrogen (secondary N) is 1. The molecule has 0 aliphatic heterocycles. The van der Waals surface area contributed by atoms with E-state index in [4.69, 9.17) is 4.74 Å². The minimum absolute atomic E-state index is 0.0341. The molecule has 23 heavy (non-hydrogen) atoms. The fraction of sp³-hybridized carbons (Fsp3) is 0.158. The molecule has 0 saturated heterocycles. The summed E-state index contributed by atoms with van der Waals surface area (Å²) in [4.78, 5) is 16.9. The lowest BCUT2D eigenvalue weighted by atomic mass is 10.2. The highest BCUT2D eigenvalue weighted by molar-refractivity contribution is 6.04. The van der Waals surface area contributed by atoms with E-state index in [9.17, 15) is 4.79 Å². The number of hydrogen-bond acceptors (Lipinski definition) is 3. The first-order valence-electron chi connectivity index (χ1n) is 7.56. The minimum Gasteiger partial charge on any atom is -0.489 e. The van der Waals surface area contributed by atoms with Crippen molar-refractivity contribution in [2.24, 2.45) is 0 Å². The molecule has 116 valence electrons. The van der Waals surface area contributed by atoms with Gasteiger partial charge in [0, 0.05) is 5.39 Å². The van der Waals surface area contributed by atoms with Crippen molar-refractivity contribution >= 4 is 22.5 Å². The summed E-state index contributed by atoms with van der Waals surface area (Å²) in [5, 5.41) is 3.88. The molecule has 0 radical (unpaired) electrons. The van der Waals surface area contributed by atoms with Crippen LogP contribution in [0.3, 0.4) is 0 Å². The van der Waals surface area contributed by atoms with Crippen LogP contribution in [0.5, 0.6) is 5.75 Å². The summed E-state index contributed by atoms with van der Waals surface area (Å²) < 4.78 is 5.72. The van der Waals surface area contributed by atoms with Crippen LogP contribution in [-0.2, 0) is 0 Å². The number of carbonyl (C=O) groups excluding carboxylic acids is 1. The van der Waals surface area contributed by atoms with Crippen molar-refractivity contribution in [2.75, 3.05) is 5.32 Å². The number of amides is 1. The Morgan fingerprint density at radius 2 is 1.74 bits per heavy atom.